The molecule has 2 heterocycles. The second-order valence-electron chi connectivity index (χ2n) is 5.82. The summed E-state index contributed by atoms with van der Waals surface area (Å²) in [5.41, 5.74) is -0.240. The van der Waals surface area contributed by atoms with Crippen molar-refractivity contribution in [1.29, 1.82) is 0 Å². The number of carbonyl (C=O) groups excluding carboxylic acids is 1. The van der Waals surface area contributed by atoms with Crippen LogP contribution >= 0.6 is 23.1 Å². The number of halogens is 3. The van der Waals surface area contributed by atoms with Crippen molar-refractivity contribution < 1.29 is 18.0 Å². The average Bonchev–Trinajstić information content (AvgIpc) is 3.32. The van der Waals surface area contributed by atoms with Gasteiger partial charge in [-0.25, -0.2) is 0 Å². The highest BCUT2D eigenvalue weighted by molar-refractivity contribution is 7.99. The Morgan fingerprint density at radius 3 is 2.48 bits per heavy atom. The van der Waals surface area contributed by atoms with Gasteiger partial charge in [0.1, 0.15) is 10.8 Å². The number of hydrogen-bond acceptors (Lipinski definition) is 7. The highest BCUT2D eigenvalue weighted by Crippen LogP contribution is 2.32. The number of alkyl halides is 3. The number of aromatic nitrogens is 5. The van der Waals surface area contributed by atoms with E-state index in [1.165, 1.54) is 23.9 Å². The van der Waals surface area contributed by atoms with E-state index in [-0.39, 0.29) is 16.8 Å². The van der Waals surface area contributed by atoms with Crippen LogP contribution in [0.15, 0.2) is 29.4 Å². The fourth-order valence-electron chi connectivity index (χ4n) is 2.48. The number of nitrogens with one attached hydrogen (secondary N) is 1. The van der Waals surface area contributed by atoms with Crippen molar-refractivity contribution in [3.05, 3.63) is 35.7 Å². The summed E-state index contributed by atoms with van der Waals surface area (Å²) < 4.78 is 39.9. The van der Waals surface area contributed by atoms with Gasteiger partial charge >= 0.3 is 6.18 Å². The molecule has 0 saturated heterocycles. The quantitative estimate of drug-likeness (QED) is 0.554. The molecule has 29 heavy (non-hydrogen) atoms. The van der Waals surface area contributed by atoms with Gasteiger partial charge in [0, 0.05) is 18.5 Å². The Bertz CT molecular complexity index is 984. The first-order valence-corrected chi connectivity index (χ1v) is 10.5. The Morgan fingerprint density at radius 2 is 1.86 bits per heavy atom. The lowest BCUT2D eigenvalue weighted by molar-refractivity contribution is -0.137. The highest BCUT2D eigenvalue weighted by Gasteiger charge is 2.30. The molecule has 1 N–H and O–H groups in total. The van der Waals surface area contributed by atoms with Gasteiger partial charge in [-0.05, 0) is 19.1 Å². The molecule has 0 aliphatic heterocycles. The van der Waals surface area contributed by atoms with E-state index in [0.717, 1.165) is 35.7 Å². The number of rotatable bonds is 7. The number of thioether (sulfide) groups is 1. The molecule has 0 saturated carbocycles. The lowest BCUT2D eigenvalue weighted by atomic mass is 10.1. The lowest BCUT2D eigenvalue weighted by Crippen LogP contribution is -2.14. The Labute approximate surface area is 172 Å². The summed E-state index contributed by atoms with van der Waals surface area (Å²) >= 11 is 2.36. The number of nitrogens with zero attached hydrogens (tertiary/aromatic N) is 5. The molecule has 0 spiro atoms. The zero-order chi connectivity index (χ0) is 21.0. The highest BCUT2D eigenvalue weighted by atomic mass is 32.2. The summed E-state index contributed by atoms with van der Waals surface area (Å²) in [6.45, 7) is 4.69. The third-order valence-corrected chi connectivity index (χ3v) is 5.74. The van der Waals surface area contributed by atoms with Gasteiger partial charge in [-0.1, -0.05) is 42.2 Å². The smallest absolute Gasteiger partial charge is 0.306 e. The van der Waals surface area contributed by atoms with Crippen molar-refractivity contribution >= 4 is 34.1 Å². The van der Waals surface area contributed by atoms with Crippen LogP contribution in [0.4, 0.5) is 18.3 Å². The molecule has 1 amide bonds. The van der Waals surface area contributed by atoms with Crippen LogP contribution in [0.25, 0.3) is 10.6 Å². The molecular formula is C17H17F3N6OS2. The first-order chi connectivity index (χ1) is 13.8. The molecule has 154 valence electrons. The molecule has 7 nitrogen and oxygen atoms in total. The third kappa shape index (κ3) is 5.12. The monoisotopic (exact) mass is 442 g/mol. The average molecular weight is 442 g/mol. The van der Waals surface area contributed by atoms with Crippen LogP contribution in [0.1, 0.15) is 25.2 Å². The maximum Gasteiger partial charge on any atom is 0.416 e. The molecule has 0 aliphatic carbocycles. The van der Waals surface area contributed by atoms with E-state index in [2.05, 4.69) is 25.7 Å². The van der Waals surface area contributed by atoms with Crippen molar-refractivity contribution in [3.8, 4) is 10.6 Å². The zero-order valence-electron chi connectivity index (χ0n) is 15.5. The van der Waals surface area contributed by atoms with Crippen LogP contribution < -0.4 is 5.32 Å². The summed E-state index contributed by atoms with van der Waals surface area (Å²) in [7, 11) is 0. The van der Waals surface area contributed by atoms with E-state index in [4.69, 9.17) is 0 Å². The van der Waals surface area contributed by atoms with Crippen LogP contribution in [-0.2, 0) is 23.9 Å². The van der Waals surface area contributed by atoms with Crippen molar-refractivity contribution in [3.63, 3.8) is 0 Å². The van der Waals surface area contributed by atoms with Gasteiger partial charge in [-0.15, -0.1) is 20.4 Å². The normalized spacial score (nSPS) is 11.6. The first-order valence-electron chi connectivity index (χ1n) is 8.67. The summed E-state index contributed by atoms with van der Waals surface area (Å²) in [5.74, 6) is 0.700. The summed E-state index contributed by atoms with van der Waals surface area (Å²) in [6.07, 6.45) is -3.64. The Balaban J connectivity index is 1.60. The fraction of sp³-hybridized carbons (Fsp3) is 0.353. The molecule has 1 aromatic carbocycles. The molecule has 0 bridgehead atoms. The van der Waals surface area contributed by atoms with Crippen molar-refractivity contribution in [2.24, 2.45) is 0 Å². The maximum absolute atomic E-state index is 12.6. The minimum atomic E-state index is -4.39. The SMILES string of the molecule is CCc1nnc(SCC(=O)Nc2nnc(-c3ccc(C(F)(F)F)cc3)s2)n1CC. The zero-order valence-corrected chi connectivity index (χ0v) is 17.2. The van der Waals surface area contributed by atoms with E-state index in [1.807, 2.05) is 18.4 Å². The number of benzene rings is 1. The van der Waals surface area contributed by atoms with Crippen LogP contribution in [0.2, 0.25) is 0 Å². The molecule has 0 atom stereocenters. The van der Waals surface area contributed by atoms with Gasteiger partial charge in [-0.3, -0.25) is 10.1 Å². The van der Waals surface area contributed by atoms with Crippen LogP contribution in [0, 0.1) is 0 Å². The van der Waals surface area contributed by atoms with Crippen molar-refractivity contribution in [2.75, 3.05) is 11.1 Å². The summed E-state index contributed by atoms with van der Waals surface area (Å²) in [4.78, 5) is 12.2. The van der Waals surface area contributed by atoms with Crippen LogP contribution in [0.3, 0.4) is 0 Å². The maximum atomic E-state index is 12.6. The Morgan fingerprint density at radius 1 is 1.14 bits per heavy atom. The standard InChI is InChI=1S/C17H17F3N6OS2/c1-3-12-22-25-16(26(12)4-2)28-9-13(27)21-15-24-23-14(29-15)10-5-7-11(8-6-10)17(18,19)20/h5-8H,3-4,9H2,1-2H3,(H,21,24,27). The largest absolute Gasteiger partial charge is 0.416 e. The van der Waals surface area contributed by atoms with E-state index >= 15 is 0 Å². The van der Waals surface area contributed by atoms with Crippen molar-refractivity contribution in [1.82, 2.24) is 25.0 Å². The molecule has 12 heteroatoms. The van der Waals surface area contributed by atoms with Gasteiger partial charge in [-0.2, -0.15) is 13.2 Å². The lowest BCUT2D eigenvalue weighted by Gasteiger charge is -2.06. The van der Waals surface area contributed by atoms with E-state index in [0.29, 0.717) is 22.3 Å². The molecule has 0 unspecified atom stereocenters. The predicted molar refractivity (Wildman–Crippen MR) is 105 cm³/mol. The van der Waals surface area contributed by atoms with Crippen LogP contribution in [0.5, 0.6) is 0 Å². The first kappa shape index (κ1) is 21.2. The number of carbonyl (C=O) groups is 1. The van der Waals surface area contributed by atoms with Gasteiger partial charge < -0.3 is 4.57 Å². The molecule has 3 rings (SSSR count). The van der Waals surface area contributed by atoms with Gasteiger partial charge in [0.25, 0.3) is 0 Å². The minimum absolute atomic E-state index is 0.122. The molecule has 0 radical (unpaired) electrons. The Hall–Kier alpha value is -2.47. The summed E-state index contributed by atoms with van der Waals surface area (Å²) in [6, 6.07) is 4.63. The van der Waals surface area contributed by atoms with E-state index in [9.17, 15) is 18.0 Å². The molecule has 2 aromatic heterocycles. The second kappa shape index (κ2) is 8.91. The number of amides is 1. The van der Waals surface area contributed by atoms with E-state index in [1.54, 1.807) is 0 Å². The summed E-state index contributed by atoms with van der Waals surface area (Å²) in [5, 5.41) is 20.0. The molecule has 3 aromatic rings. The van der Waals surface area contributed by atoms with Crippen molar-refractivity contribution in [2.45, 2.75) is 38.1 Å². The fourth-order valence-corrected chi connectivity index (χ4v) is 4.07. The number of hydrogen-bond donors (Lipinski definition) is 1. The van der Waals surface area contributed by atoms with Gasteiger partial charge in [0.05, 0.1) is 11.3 Å². The topological polar surface area (TPSA) is 85.6 Å². The minimum Gasteiger partial charge on any atom is -0.306 e. The molecule has 0 fully saturated rings. The van der Waals surface area contributed by atoms with Gasteiger partial charge in [0.2, 0.25) is 11.0 Å². The number of anilines is 1. The van der Waals surface area contributed by atoms with Crippen LogP contribution in [-0.4, -0.2) is 36.6 Å². The van der Waals surface area contributed by atoms with Gasteiger partial charge in [0.15, 0.2) is 5.16 Å². The predicted octanol–water partition coefficient (Wildman–Crippen LogP) is 4.13. The molecule has 0 aliphatic rings. The molecular weight excluding hydrogens is 425 g/mol. The van der Waals surface area contributed by atoms with E-state index < -0.39 is 11.7 Å². The number of aryl methyl sites for hydroxylation is 1. The second-order valence-corrected chi connectivity index (χ2v) is 7.74. The Kier molecular flexibility index (Phi) is 6.52. The third-order valence-electron chi connectivity index (χ3n) is 3.89.